The van der Waals surface area contributed by atoms with E-state index < -0.39 is 5.91 Å². The maximum Gasteiger partial charge on any atom is 0.251 e. The van der Waals surface area contributed by atoms with E-state index in [1.54, 1.807) is 6.92 Å². The summed E-state index contributed by atoms with van der Waals surface area (Å²) in [5.41, 5.74) is 7.88. The smallest absolute Gasteiger partial charge is 0.251 e. The van der Waals surface area contributed by atoms with Crippen molar-refractivity contribution in [3.8, 4) is 0 Å². The van der Waals surface area contributed by atoms with E-state index in [2.05, 4.69) is 10.6 Å². The van der Waals surface area contributed by atoms with Crippen molar-refractivity contribution < 1.29 is 9.59 Å². The van der Waals surface area contributed by atoms with E-state index in [0.29, 0.717) is 5.56 Å². The van der Waals surface area contributed by atoms with Gasteiger partial charge in [0.25, 0.3) is 5.91 Å². The fraction of sp³-hybridized carbons (Fsp3) is 0.429. The molecule has 19 heavy (non-hydrogen) atoms. The van der Waals surface area contributed by atoms with Gasteiger partial charge in [0, 0.05) is 30.3 Å². The molecule has 0 radical (unpaired) electrons. The predicted octanol–water partition coefficient (Wildman–Crippen LogP) is 1.04. The molecule has 5 heteroatoms. The van der Waals surface area contributed by atoms with Gasteiger partial charge in [0.2, 0.25) is 5.91 Å². The average Bonchev–Trinajstić information content (AvgIpc) is 2.36. The molecule has 0 aliphatic carbocycles. The van der Waals surface area contributed by atoms with Crippen LogP contribution in [0.5, 0.6) is 0 Å². The number of carbonyl (C=O) groups excluding carboxylic acids is 2. The highest BCUT2D eigenvalue weighted by Gasteiger charge is 2.18. The van der Waals surface area contributed by atoms with Gasteiger partial charge in [-0.05, 0) is 37.5 Å². The number of hydrogen-bond acceptors (Lipinski definition) is 3. The van der Waals surface area contributed by atoms with Crippen LogP contribution in [0.2, 0.25) is 0 Å². The summed E-state index contributed by atoms with van der Waals surface area (Å²) < 4.78 is 0. The molecule has 2 amide bonds. The van der Waals surface area contributed by atoms with E-state index in [4.69, 9.17) is 5.73 Å². The molecular formula is C14H19N3O2. The Kier molecular flexibility index (Phi) is 4.04. The SMILES string of the molecule is CC(CC(N)=O)NC(=O)c1cccc2c1CCCN2. The molecule has 1 aromatic carbocycles. The van der Waals surface area contributed by atoms with Crippen LogP contribution in [0.4, 0.5) is 5.69 Å². The van der Waals surface area contributed by atoms with Crippen molar-refractivity contribution in [3.05, 3.63) is 29.3 Å². The van der Waals surface area contributed by atoms with Gasteiger partial charge in [-0.2, -0.15) is 0 Å². The second-order valence-electron chi connectivity index (χ2n) is 4.91. The summed E-state index contributed by atoms with van der Waals surface area (Å²) in [7, 11) is 0. The molecule has 4 N–H and O–H groups in total. The molecule has 0 saturated heterocycles. The molecule has 5 nitrogen and oxygen atoms in total. The molecule has 102 valence electrons. The van der Waals surface area contributed by atoms with E-state index in [1.165, 1.54) is 0 Å². The normalized spacial score (nSPS) is 15.0. The summed E-state index contributed by atoms with van der Waals surface area (Å²) in [6, 6.07) is 5.42. The first-order chi connectivity index (χ1) is 9.08. The minimum atomic E-state index is -0.412. The zero-order chi connectivity index (χ0) is 13.8. The predicted molar refractivity (Wildman–Crippen MR) is 74.0 cm³/mol. The number of rotatable bonds is 4. The minimum absolute atomic E-state index is 0.144. The summed E-state index contributed by atoms with van der Waals surface area (Å²) in [6.45, 7) is 2.71. The second-order valence-corrected chi connectivity index (χ2v) is 4.91. The van der Waals surface area contributed by atoms with Crippen LogP contribution in [-0.2, 0) is 11.2 Å². The van der Waals surface area contributed by atoms with Gasteiger partial charge in [0.05, 0.1) is 0 Å². The highest BCUT2D eigenvalue weighted by molar-refractivity contribution is 5.97. The molecular weight excluding hydrogens is 242 g/mol. The Morgan fingerprint density at radius 2 is 2.26 bits per heavy atom. The Hall–Kier alpha value is -2.04. The number of hydrogen-bond donors (Lipinski definition) is 3. The van der Waals surface area contributed by atoms with Crippen LogP contribution in [0.3, 0.4) is 0 Å². The minimum Gasteiger partial charge on any atom is -0.385 e. The van der Waals surface area contributed by atoms with Crippen LogP contribution >= 0.6 is 0 Å². The first-order valence-electron chi connectivity index (χ1n) is 6.53. The van der Waals surface area contributed by atoms with Gasteiger partial charge in [0.1, 0.15) is 0 Å². The summed E-state index contributed by atoms with van der Waals surface area (Å²) in [6.07, 6.45) is 2.07. The summed E-state index contributed by atoms with van der Waals surface area (Å²) in [5.74, 6) is -0.557. The summed E-state index contributed by atoms with van der Waals surface area (Å²) >= 11 is 0. The topological polar surface area (TPSA) is 84.2 Å². The van der Waals surface area contributed by atoms with Gasteiger partial charge in [-0.3, -0.25) is 9.59 Å². The number of amides is 2. The van der Waals surface area contributed by atoms with E-state index in [-0.39, 0.29) is 18.4 Å². The molecule has 2 rings (SSSR count). The molecule has 0 bridgehead atoms. The third-order valence-corrected chi connectivity index (χ3v) is 3.22. The third-order valence-electron chi connectivity index (χ3n) is 3.22. The molecule has 1 aliphatic rings. The van der Waals surface area contributed by atoms with Crippen LogP contribution in [0, 0.1) is 0 Å². The zero-order valence-corrected chi connectivity index (χ0v) is 11.0. The van der Waals surface area contributed by atoms with E-state index in [9.17, 15) is 9.59 Å². The fourth-order valence-corrected chi connectivity index (χ4v) is 2.38. The first kappa shape index (κ1) is 13.4. The molecule has 0 fully saturated rings. The molecule has 0 spiro atoms. The molecule has 0 saturated carbocycles. The van der Waals surface area contributed by atoms with Gasteiger partial charge in [-0.1, -0.05) is 6.07 Å². The highest BCUT2D eigenvalue weighted by atomic mass is 16.2. The highest BCUT2D eigenvalue weighted by Crippen LogP contribution is 2.25. The second kappa shape index (κ2) is 5.73. The molecule has 1 heterocycles. The lowest BCUT2D eigenvalue weighted by molar-refractivity contribution is -0.118. The number of primary amides is 1. The Bertz CT molecular complexity index is 499. The molecule has 1 unspecified atom stereocenters. The number of fused-ring (bicyclic) bond motifs is 1. The Morgan fingerprint density at radius 3 is 3.00 bits per heavy atom. The largest absolute Gasteiger partial charge is 0.385 e. The standard InChI is InChI=1S/C14H19N3O2/c1-9(8-13(15)18)17-14(19)11-4-2-6-12-10(11)5-3-7-16-12/h2,4,6,9,16H,3,5,7-8H2,1H3,(H2,15,18)(H,17,19). The van der Waals surface area contributed by atoms with Crippen molar-refractivity contribution in [1.82, 2.24) is 5.32 Å². The number of nitrogens with one attached hydrogen (secondary N) is 2. The van der Waals surface area contributed by atoms with Crippen LogP contribution in [0.15, 0.2) is 18.2 Å². The summed E-state index contributed by atoms with van der Waals surface area (Å²) in [4.78, 5) is 23.0. The zero-order valence-electron chi connectivity index (χ0n) is 11.0. The Balaban J connectivity index is 2.13. The lowest BCUT2D eigenvalue weighted by Gasteiger charge is -2.21. The Labute approximate surface area is 112 Å². The Morgan fingerprint density at radius 1 is 1.47 bits per heavy atom. The van der Waals surface area contributed by atoms with Gasteiger partial charge in [0.15, 0.2) is 0 Å². The average molecular weight is 261 g/mol. The van der Waals surface area contributed by atoms with Gasteiger partial charge in [-0.15, -0.1) is 0 Å². The third kappa shape index (κ3) is 3.24. The number of carbonyl (C=O) groups is 2. The van der Waals surface area contributed by atoms with E-state index in [1.807, 2.05) is 18.2 Å². The fourth-order valence-electron chi connectivity index (χ4n) is 2.38. The molecule has 1 aliphatic heterocycles. The lowest BCUT2D eigenvalue weighted by atomic mass is 9.97. The van der Waals surface area contributed by atoms with Crippen LogP contribution in [-0.4, -0.2) is 24.4 Å². The number of nitrogens with two attached hydrogens (primary N) is 1. The quantitative estimate of drug-likeness (QED) is 0.757. The van der Waals surface area contributed by atoms with Crippen LogP contribution in [0.25, 0.3) is 0 Å². The van der Waals surface area contributed by atoms with Crippen molar-refractivity contribution in [1.29, 1.82) is 0 Å². The van der Waals surface area contributed by atoms with Crippen molar-refractivity contribution in [2.45, 2.75) is 32.2 Å². The van der Waals surface area contributed by atoms with Gasteiger partial charge >= 0.3 is 0 Å². The van der Waals surface area contributed by atoms with Gasteiger partial charge < -0.3 is 16.4 Å². The maximum absolute atomic E-state index is 12.2. The number of anilines is 1. The monoisotopic (exact) mass is 261 g/mol. The van der Waals surface area contributed by atoms with E-state index in [0.717, 1.165) is 30.6 Å². The van der Waals surface area contributed by atoms with Crippen molar-refractivity contribution in [3.63, 3.8) is 0 Å². The van der Waals surface area contributed by atoms with Crippen molar-refractivity contribution >= 4 is 17.5 Å². The van der Waals surface area contributed by atoms with Crippen LogP contribution < -0.4 is 16.4 Å². The molecule has 0 aromatic heterocycles. The maximum atomic E-state index is 12.2. The first-order valence-corrected chi connectivity index (χ1v) is 6.53. The molecule has 1 aromatic rings. The van der Waals surface area contributed by atoms with Crippen molar-refractivity contribution in [2.75, 3.05) is 11.9 Å². The van der Waals surface area contributed by atoms with Crippen LogP contribution in [0.1, 0.15) is 35.7 Å². The van der Waals surface area contributed by atoms with Gasteiger partial charge in [-0.25, -0.2) is 0 Å². The lowest BCUT2D eigenvalue weighted by Crippen LogP contribution is -2.36. The van der Waals surface area contributed by atoms with Crippen molar-refractivity contribution in [2.24, 2.45) is 5.73 Å². The summed E-state index contributed by atoms with van der Waals surface area (Å²) in [5, 5.41) is 6.10. The van der Waals surface area contributed by atoms with E-state index >= 15 is 0 Å². The molecule has 1 atom stereocenters. The number of benzene rings is 1.